The largest absolute Gasteiger partial charge is 0.228 e. The molecule has 8 aromatic rings. The maximum atomic E-state index is 5.05. The number of hydrogen-bond donors (Lipinski definition) is 0. The zero-order valence-electron chi connectivity index (χ0n) is 26.4. The topological polar surface area (TPSA) is 25.8 Å². The van der Waals surface area contributed by atoms with Gasteiger partial charge in [-0.3, -0.25) is 0 Å². The lowest BCUT2D eigenvalue weighted by Crippen LogP contribution is -1.96. The lowest BCUT2D eigenvalue weighted by Gasteiger charge is -2.12. The molecule has 0 aliphatic heterocycles. The Bertz CT molecular complexity index is 2270. The summed E-state index contributed by atoms with van der Waals surface area (Å²) in [6.07, 6.45) is 0. The lowest BCUT2D eigenvalue weighted by molar-refractivity contribution is 1.18. The van der Waals surface area contributed by atoms with E-state index in [1.165, 1.54) is 33.4 Å². The van der Waals surface area contributed by atoms with Crippen molar-refractivity contribution in [2.45, 2.75) is 0 Å². The van der Waals surface area contributed by atoms with Gasteiger partial charge in [0, 0.05) is 16.7 Å². The molecule has 0 atom stereocenters. The van der Waals surface area contributed by atoms with Crippen LogP contribution in [0, 0.1) is 0 Å². The van der Waals surface area contributed by atoms with Gasteiger partial charge >= 0.3 is 0 Å². The summed E-state index contributed by atoms with van der Waals surface area (Å²) in [5.74, 6) is 0.707. The number of hydrogen-bond acceptors (Lipinski definition) is 2. The van der Waals surface area contributed by atoms with Gasteiger partial charge in [-0.1, -0.05) is 164 Å². The third-order valence-corrected chi connectivity index (χ3v) is 8.68. The minimum atomic E-state index is 0.707. The third kappa shape index (κ3) is 6.20. The van der Waals surface area contributed by atoms with Crippen molar-refractivity contribution in [2.24, 2.45) is 0 Å². The highest BCUT2D eigenvalue weighted by atomic mass is 14.9. The van der Waals surface area contributed by atoms with Gasteiger partial charge in [-0.05, 0) is 74.8 Å². The van der Waals surface area contributed by atoms with Crippen LogP contribution in [0.3, 0.4) is 0 Å². The van der Waals surface area contributed by atoms with Gasteiger partial charge in [0.05, 0.1) is 11.4 Å². The van der Waals surface area contributed by atoms with E-state index in [0.717, 1.165) is 39.2 Å². The summed E-state index contributed by atoms with van der Waals surface area (Å²) in [4.78, 5) is 10.1. The molecule has 1 heterocycles. The molecule has 0 aliphatic rings. The van der Waals surface area contributed by atoms with Crippen LogP contribution in [0.25, 0.3) is 78.4 Å². The first-order chi connectivity index (χ1) is 23.8. The zero-order chi connectivity index (χ0) is 32.1. The lowest BCUT2D eigenvalue weighted by atomic mass is 9.94. The van der Waals surface area contributed by atoms with Crippen molar-refractivity contribution < 1.29 is 0 Å². The molecule has 0 aliphatic carbocycles. The molecule has 0 saturated heterocycles. The van der Waals surface area contributed by atoms with Crippen LogP contribution in [0.4, 0.5) is 0 Å². The van der Waals surface area contributed by atoms with Crippen LogP contribution in [-0.4, -0.2) is 9.97 Å². The highest BCUT2D eigenvalue weighted by molar-refractivity contribution is 5.80. The Labute approximate surface area is 281 Å². The average molecular weight is 613 g/mol. The van der Waals surface area contributed by atoms with Gasteiger partial charge in [0.2, 0.25) is 0 Å². The van der Waals surface area contributed by atoms with Gasteiger partial charge in [0.25, 0.3) is 0 Å². The summed E-state index contributed by atoms with van der Waals surface area (Å²) in [5.41, 5.74) is 14.4. The quantitative estimate of drug-likeness (QED) is 0.179. The Morgan fingerprint density at radius 2 is 0.479 bits per heavy atom. The van der Waals surface area contributed by atoms with E-state index < -0.39 is 0 Å². The Kier molecular flexibility index (Phi) is 7.96. The summed E-state index contributed by atoms with van der Waals surface area (Å²) in [7, 11) is 0. The zero-order valence-corrected chi connectivity index (χ0v) is 26.4. The monoisotopic (exact) mass is 612 g/mol. The summed E-state index contributed by atoms with van der Waals surface area (Å²) in [6, 6.07) is 68.1. The average Bonchev–Trinajstić information content (AvgIpc) is 3.19. The molecule has 8 rings (SSSR count). The van der Waals surface area contributed by atoms with E-state index in [9.17, 15) is 0 Å². The standard InChI is InChI=1S/C46H32N2/c1-4-14-33(15-5-1)36-20-10-21-37(28-36)38-22-11-23-39(29-38)40-24-12-25-41(30-40)42-26-13-27-43(31-42)46-47-44(34-16-6-2-7-17-34)32-45(48-46)35-18-8-3-9-19-35/h1-32H. The van der Waals surface area contributed by atoms with E-state index in [4.69, 9.17) is 9.97 Å². The Morgan fingerprint density at radius 3 is 0.854 bits per heavy atom. The van der Waals surface area contributed by atoms with Gasteiger partial charge in [0.1, 0.15) is 0 Å². The number of aromatic nitrogens is 2. The van der Waals surface area contributed by atoms with Gasteiger partial charge in [-0.15, -0.1) is 0 Å². The van der Waals surface area contributed by atoms with E-state index in [2.05, 4.69) is 158 Å². The van der Waals surface area contributed by atoms with E-state index in [0.29, 0.717) is 5.82 Å². The second kappa shape index (κ2) is 13.2. The van der Waals surface area contributed by atoms with Crippen LogP contribution in [0.15, 0.2) is 194 Å². The van der Waals surface area contributed by atoms with E-state index in [1.54, 1.807) is 0 Å². The van der Waals surface area contributed by atoms with Crippen molar-refractivity contribution in [1.82, 2.24) is 9.97 Å². The van der Waals surface area contributed by atoms with Crippen LogP contribution in [0.2, 0.25) is 0 Å². The SMILES string of the molecule is c1ccc(-c2cccc(-c3cccc(-c4cccc(-c5cccc(-c6nc(-c7ccccc7)cc(-c7ccccc7)n6)c5)c4)c3)c2)cc1. The summed E-state index contributed by atoms with van der Waals surface area (Å²) < 4.78 is 0. The molecule has 0 spiro atoms. The van der Waals surface area contributed by atoms with Gasteiger partial charge < -0.3 is 0 Å². The van der Waals surface area contributed by atoms with Crippen molar-refractivity contribution in [1.29, 1.82) is 0 Å². The molecule has 226 valence electrons. The van der Waals surface area contributed by atoms with Gasteiger partial charge in [-0.25, -0.2) is 9.97 Å². The van der Waals surface area contributed by atoms with Crippen molar-refractivity contribution in [3.8, 4) is 78.4 Å². The highest BCUT2D eigenvalue weighted by Gasteiger charge is 2.12. The molecule has 0 fully saturated rings. The Balaban J connectivity index is 1.14. The van der Waals surface area contributed by atoms with Crippen molar-refractivity contribution >= 4 is 0 Å². The molecule has 0 N–H and O–H groups in total. The fourth-order valence-electron chi connectivity index (χ4n) is 6.19. The van der Waals surface area contributed by atoms with E-state index in [1.807, 2.05) is 36.4 Å². The normalized spacial score (nSPS) is 10.9. The first-order valence-corrected chi connectivity index (χ1v) is 16.2. The van der Waals surface area contributed by atoms with Gasteiger partial charge in [-0.2, -0.15) is 0 Å². The fraction of sp³-hybridized carbons (Fsp3) is 0. The minimum absolute atomic E-state index is 0.707. The summed E-state index contributed by atoms with van der Waals surface area (Å²) >= 11 is 0. The molecule has 0 bridgehead atoms. The molecule has 2 nitrogen and oxygen atoms in total. The van der Waals surface area contributed by atoms with Crippen molar-refractivity contribution in [3.05, 3.63) is 194 Å². The second-order valence-corrected chi connectivity index (χ2v) is 11.9. The molecule has 7 aromatic carbocycles. The first kappa shape index (κ1) is 29.1. The molecule has 1 aromatic heterocycles. The Hall–Kier alpha value is -6.38. The summed E-state index contributed by atoms with van der Waals surface area (Å²) in [6.45, 7) is 0. The fourth-order valence-corrected chi connectivity index (χ4v) is 6.19. The highest BCUT2D eigenvalue weighted by Crippen LogP contribution is 2.33. The molecular weight excluding hydrogens is 581 g/mol. The molecule has 0 unspecified atom stereocenters. The van der Waals surface area contributed by atoms with Crippen LogP contribution >= 0.6 is 0 Å². The van der Waals surface area contributed by atoms with Crippen molar-refractivity contribution in [2.75, 3.05) is 0 Å². The van der Waals surface area contributed by atoms with Gasteiger partial charge in [0.15, 0.2) is 5.82 Å². The second-order valence-electron chi connectivity index (χ2n) is 11.9. The number of rotatable bonds is 7. The van der Waals surface area contributed by atoms with E-state index in [-0.39, 0.29) is 0 Å². The van der Waals surface area contributed by atoms with Crippen LogP contribution in [0.1, 0.15) is 0 Å². The summed E-state index contributed by atoms with van der Waals surface area (Å²) in [5, 5.41) is 0. The first-order valence-electron chi connectivity index (χ1n) is 16.2. The van der Waals surface area contributed by atoms with Crippen LogP contribution < -0.4 is 0 Å². The van der Waals surface area contributed by atoms with Crippen LogP contribution in [-0.2, 0) is 0 Å². The van der Waals surface area contributed by atoms with E-state index >= 15 is 0 Å². The predicted octanol–water partition coefficient (Wildman–Crippen LogP) is 12.1. The van der Waals surface area contributed by atoms with Crippen LogP contribution in [0.5, 0.6) is 0 Å². The molecular formula is C46H32N2. The molecule has 2 heteroatoms. The minimum Gasteiger partial charge on any atom is -0.228 e. The third-order valence-electron chi connectivity index (χ3n) is 8.68. The molecule has 48 heavy (non-hydrogen) atoms. The smallest absolute Gasteiger partial charge is 0.160 e. The molecule has 0 saturated carbocycles. The number of nitrogens with zero attached hydrogens (tertiary/aromatic N) is 2. The Morgan fingerprint density at radius 1 is 0.208 bits per heavy atom. The molecule has 0 amide bonds. The predicted molar refractivity (Wildman–Crippen MR) is 200 cm³/mol. The maximum absolute atomic E-state index is 5.05. The number of benzene rings is 7. The van der Waals surface area contributed by atoms with Crippen molar-refractivity contribution in [3.63, 3.8) is 0 Å². The maximum Gasteiger partial charge on any atom is 0.160 e. The molecule has 0 radical (unpaired) electrons.